The van der Waals surface area contributed by atoms with Gasteiger partial charge in [0.15, 0.2) is 0 Å². The smallest absolute Gasteiger partial charge is 0.252 e. The molecule has 0 bridgehead atoms. The number of para-hydroxylation sites is 5. The first-order valence-electron chi connectivity index (χ1n) is 39.1. The third kappa shape index (κ3) is 9.77. The monoisotopic (exact) mass is 1430 g/mol. The van der Waals surface area contributed by atoms with E-state index in [2.05, 4.69) is 411 Å². The lowest BCUT2D eigenvalue weighted by Crippen LogP contribution is -2.61. The molecule has 528 valence electrons. The Bertz CT molecular complexity index is 7140. The summed E-state index contributed by atoms with van der Waals surface area (Å²) in [6.45, 7) is 13.6. The fourth-order valence-corrected chi connectivity index (χ4v) is 19.0. The maximum Gasteiger partial charge on any atom is 0.252 e. The molecule has 0 unspecified atom stereocenters. The standard InChI is InChI=1S/C105H75BN6/c1-104(2,3)72-46-54-93-86(60-72)87-61-73(105(4,5)6)47-55-94(87)109(93)75-49-51-89-97(63-75)112(102-78(68-30-15-9-16-31-68)38-24-39-79(102)69-32-17-10-18-33-69)99-59-71(70-45-53-95-85(57-70)83-41-25-40-82-80-34-19-22-43-91(80)110(95)103(82)83)58-98-100(99)106(89)88-50-48-74(108-90-42-21-20-35-81(90)84-56-65(64-107)44-52-92(84)108)62-96(88)111(98)101-76(66-26-11-7-12-27-66)36-23-37-77(101)67-28-13-8-14-29-67/h7-63H,1-6H3. The summed E-state index contributed by atoms with van der Waals surface area (Å²) in [6, 6.07) is 133. The molecule has 22 rings (SSSR count). The van der Waals surface area contributed by atoms with Crippen molar-refractivity contribution in [1.29, 1.82) is 5.26 Å². The molecule has 6 heterocycles. The third-order valence-corrected chi connectivity index (χ3v) is 24.3. The van der Waals surface area contributed by atoms with Crippen LogP contribution in [0, 0.1) is 11.3 Å². The molecule has 6 nitrogen and oxygen atoms in total. The molecule has 7 heteroatoms. The zero-order valence-electron chi connectivity index (χ0n) is 63.2. The van der Waals surface area contributed by atoms with Gasteiger partial charge < -0.3 is 23.3 Å². The van der Waals surface area contributed by atoms with Gasteiger partial charge in [-0.2, -0.15) is 5.26 Å². The van der Waals surface area contributed by atoms with Crippen molar-refractivity contribution in [2.75, 3.05) is 9.80 Å². The Morgan fingerprint density at radius 1 is 0.277 bits per heavy atom. The van der Waals surface area contributed by atoms with Gasteiger partial charge in [-0.15, -0.1) is 0 Å². The molecular formula is C105H75BN6. The summed E-state index contributed by atoms with van der Waals surface area (Å²) >= 11 is 0. The van der Waals surface area contributed by atoms with Crippen molar-refractivity contribution >= 4 is 139 Å². The molecular weight excluding hydrogens is 1360 g/mol. The van der Waals surface area contributed by atoms with Crippen LogP contribution in [-0.2, 0) is 10.8 Å². The highest BCUT2D eigenvalue weighted by Gasteiger charge is 2.46. The second-order valence-electron chi connectivity index (χ2n) is 32.7. The maximum absolute atomic E-state index is 10.5. The predicted molar refractivity (Wildman–Crippen MR) is 473 cm³/mol. The van der Waals surface area contributed by atoms with Gasteiger partial charge in [0, 0.05) is 99.5 Å². The lowest BCUT2D eigenvalue weighted by Gasteiger charge is -2.46. The number of nitriles is 1. The van der Waals surface area contributed by atoms with Gasteiger partial charge in [0.1, 0.15) is 0 Å². The average Bonchev–Trinajstić information content (AvgIpc) is 0.907. The molecule has 0 saturated carbocycles. The quantitative estimate of drug-likeness (QED) is 0.135. The van der Waals surface area contributed by atoms with Gasteiger partial charge in [0.05, 0.1) is 61.6 Å². The first-order valence-corrected chi connectivity index (χ1v) is 39.1. The minimum atomic E-state index is -0.317. The summed E-state index contributed by atoms with van der Waals surface area (Å²) in [7, 11) is 0. The fraction of sp³-hybridized carbons (Fsp3) is 0.0762. The Labute approximate surface area is 651 Å². The number of anilines is 6. The highest BCUT2D eigenvalue weighted by atomic mass is 15.2. The van der Waals surface area contributed by atoms with E-state index in [1.165, 1.54) is 76.4 Å². The molecule has 0 spiro atoms. The van der Waals surface area contributed by atoms with Gasteiger partial charge in [0.25, 0.3) is 6.71 Å². The molecule has 0 saturated heterocycles. The van der Waals surface area contributed by atoms with Crippen LogP contribution in [0.25, 0.3) is 149 Å². The molecule has 20 aromatic rings. The highest BCUT2D eigenvalue weighted by Crippen LogP contribution is 2.55. The molecule has 2 aliphatic heterocycles. The summed E-state index contributed by atoms with van der Waals surface area (Å²) in [5.74, 6) is 0. The summed E-state index contributed by atoms with van der Waals surface area (Å²) in [6.07, 6.45) is 0. The zero-order chi connectivity index (χ0) is 75.0. The molecule has 0 N–H and O–H groups in total. The highest BCUT2D eigenvalue weighted by molar-refractivity contribution is 7.00. The number of hydrogen-bond acceptors (Lipinski definition) is 3. The lowest BCUT2D eigenvalue weighted by molar-refractivity contribution is 0.590. The Kier molecular flexibility index (Phi) is 14.3. The molecule has 2 aliphatic rings. The van der Waals surface area contributed by atoms with Crippen LogP contribution in [0.5, 0.6) is 0 Å². The van der Waals surface area contributed by atoms with Crippen LogP contribution in [0.1, 0.15) is 58.2 Å². The minimum absolute atomic E-state index is 0.0796. The van der Waals surface area contributed by atoms with E-state index in [1.807, 2.05) is 6.07 Å². The number of rotatable bonds is 9. The lowest BCUT2D eigenvalue weighted by atomic mass is 9.33. The largest absolute Gasteiger partial charge is 0.310 e. The SMILES string of the molecule is CC(C)(C)c1ccc2c(c1)c1cc(C(C)(C)C)ccc1n2-c1ccc2c(c1)N(c1c(-c3ccccc3)cccc1-c1ccccc1)c1cc(-c3ccc4c(c3)c3cccc5c6ccccc6n4c53)cc3c1B2c1ccc(-n2c4ccccc4c4cc(C#N)ccc42)cc1N3c1c(-c2ccccc2)cccc1-c1ccccc1. The van der Waals surface area contributed by atoms with E-state index in [4.69, 9.17) is 0 Å². The summed E-state index contributed by atoms with van der Waals surface area (Å²) in [5, 5.41) is 20.0. The second-order valence-corrected chi connectivity index (χ2v) is 32.7. The van der Waals surface area contributed by atoms with Crippen molar-refractivity contribution in [3.05, 3.63) is 362 Å². The summed E-state index contributed by atoms with van der Waals surface area (Å²) in [5.41, 5.74) is 34.3. The van der Waals surface area contributed by atoms with E-state index in [0.29, 0.717) is 5.56 Å². The Morgan fingerprint density at radius 3 is 1.12 bits per heavy atom. The van der Waals surface area contributed by atoms with Crippen molar-refractivity contribution < 1.29 is 0 Å². The topological polar surface area (TPSA) is 44.5 Å². The molecule has 0 atom stereocenters. The molecule has 0 aliphatic carbocycles. The van der Waals surface area contributed by atoms with Gasteiger partial charge in [-0.1, -0.05) is 284 Å². The zero-order valence-corrected chi connectivity index (χ0v) is 63.2. The van der Waals surface area contributed by atoms with E-state index in [1.54, 1.807) is 0 Å². The summed E-state index contributed by atoms with van der Waals surface area (Å²) in [4.78, 5) is 5.37. The van der Waals surface area contributed by atoms with Crippen molar-refractivity contribution in [3.63, 3.8) is 0 Å². The molecule has 0 radical (unpaired) electrons. The van der Waals surface area contributed by atoms with Crippen LogP contribution in [0.15, 0.2) is 346 Å². The van der Waals surface area contributed by atoms with Gasteiger partial charge >= 0.3 is 0 Å². The number of nitrogens with zero attached hydrogens (tertiary/aromatic N) is 6. The first kappa shape index (κ1) is 65.2. The van der Waals surface area contributed by atoms with Crippen LogP contribution in [0.2, 0.25) is 0 Å². The predicted octanol–water partition coefficient (Wildman–Crippen LogP) is 25.9. The number of hydrogen-bond donors (Lipinski definition) is 0. The molecule has 112 heavy (non-hydrogen) atoms. The molecule has 16 aromatic carbocycles. The van der Waals surface area contributed by atoms with Gasteiger partial charge in [-0.05, 0) is 175 Å². The van der Waals surface area contributed by atoms with Crippen molar-refractivity contribution in [3.8, 4) is 73.1 Å². The average molecular weight is 1430 g/mol. The van der Waals surface area contributed by atoms with Crippen LogP contribution in [-0.4, -0.2) is 20.2 Å². The van der Waals surface area contributed by atoms with Gasteiger partial charge in [0.2, 0.25) is 0 Å². The minimum Gasteiger partial charge on any atom is -0.310 e. The molecule has 0 amide bonds. The van der Waals surface area contributed by atoms with Gasteiger partial charge in [-0.25, -0.2) is 0 Å². The van der Waals surface area contributed by atoms with E-state index in [0.717, 1.165) is 134 Å². The van der Waals surface area contributed by atoms with Crippen molar-refractivity contribution in [2.45, 2.75) is 52.4 Å². The first-order chi connectivity index (χ1) is 54.8. The fourth-order valence-electron chi connectivity index (χ4n) is 19.0. The molecule has 0 fully saturated rings. The van der Waals surface area contributed by atoms with Crippen LogP contribution in [0.3, 0.4) is 0 Å². The van der Waals surface area contributed by atoms with Crippen LogP contribution < -0.4 is 26.2 Å². The normalized spacial score (nSPS) is 12.8. The van der Waals surface area contributed by atoms with Gasteiger partial charge in [-0.3, -0.25) is 0 Å². The van der Waals surface area contributed by atoms with E-state index in [9.17, 15) is 5.26 Å². The molecule has 4 aromatic heterocycles. The maximum atomic E-state index is 10.5. The number of fused-ring (bicyclic) bond motifs is 16. The van der Waals surface area contributed by atoms with E-state index in [-0.39, 0.29) is 17.5 Å². The third-order valence-electron chi connectivity index (χ3n) is 24.3. The van der Waals surface area contributed by atoms with Crippen LogP contribution >= 0.6 is 0 Å². The van der Waals surface area contributed by atoms with Crippen LogP contribution in [0.4, 0.5) is 34.1 Å². The van der Waals surface area contributed by atoms with E-state index >= 15 is 0 Å². The van der Waals surface area contributed by atoms with Crippen molar-refractivity contribution in [1.82, 2.24) is 13.5 Å². The Morgan fingerprint density at radius 2 is 0.652 bits per heavy atom. The summed E-state index contributed by atoms with van der Waals surface area (Å²) < 4.78 is 7.46. The Balaban J connectivity index is 0.917. The van der Waals surface area contributed by atoms with Crippen molar-refractivity contribution in [2.24, 2.45) is 0 Å². The van der Waals surface area contributed by atoms with E-state index < -0.39 is 0 Å². The second kappa shape index (κ2) is 24.5. The number of aromatic nitrogens is 3. The Hall–Kier alpha value is -13.9. The number of benzene rings is 16.